The standard InChI is InChI=1S/C21H23N3O3S/c1-27-18-9-5-16(6-10-18)20(25)24-19(12-14-28-2)21(26)23-17-7-3-15(4-8-17)11-13-22/h3-10,19H,11-12,14H2,1-2H3,(H,23,26)(H,24,25)/t19-/m1/s1. The maximum Gasteiger partial charge on any atom is 0.251 e. The molecular formula is C21H23N3O3S. The van der Waals surface area contributed by atoms with Gasteiger partial charge in [-0.3, -0.25) is 9.59 Å². The van der Waals surface area contributed by atoms with Gasteiger partial charge in [-0.1, -0.05) is 12.1 Å². The van der Waals surface area contributed by atoms with Crippen LogP contribution in [0.15, 0.2) is 48.5 Å². The molecule has 2 aromatic carbocycles. The van der Waals surface area contributed by atoms with Gasteiger partial charge in [-0.05, 0) is 60.4 Å². The molecule has 0 heterocycles. The van der Waals surface area contributed by atoms with Gasteiger partial charge in [-0.2, -0.15) is 17.0 Å². The van der Waals surface area contributed by atoms with Crippen LogP contribution >= 0.6 is 11.8 Å². The number of nitrogens with one attached hydrogen (secondary N) is 2. The van der Waals surface area contributed by atoms with Crippen LogP contribution < -0.4 is 15.4 Å². The summed E-state index contributed by atoms with van der Waals surface area (Å²) in [6, 6.07) is 15.3. The lowest BCUT2D eigenvalue weighted by Gasteiger charge is -2.18. The predicted octanol–water partition coefficient (Wildman–Crippen LogP) is 3.25. The molecule has 0 radical (unpaired) electrons. The second-order valence-electron chi connectivity index (χ2n) is 6.06. The van der Waals surface area contributed by atoms with Gasteiger partial charge >= 0.3 is 0 Å². The minimum Gasteiger partial charge on any atom is -0.497 e. The van der Waals surface area contributed by atoms with Crippen LogP contribution in [0.5, 0.6) is 5.75 Å². The van der Waals surface area contributed by atoms with E-state index in [0.29, 0.717) is 29.8 Å². The number of thioether (sulfide) groups is 1. The lowest BCUT2D eigenvalue weighted by Crippen LogP contribution is -2.44. The maximum atomic E-state index is 12.7. The molecule has 0 fully saturated rings. The summed E-state index contributed by atoms with van der Waals surface area (Å²) in [4.78, 5) is 25.2. The molecule has 7 heteroatoms. The van der Waals surface area contributed by atoms with Crippen LogP contribution in [-0.4, -0.2) is 37.0 Å². The van der Waals surface area contributed by atoms with Crippen molar-refractivity contribution in [3.05, 3.63) is 59.7 Å². The van der Waals surface area contributed by atoms with E-state index in [1.54, 1.807) is 67.4 Å². The van der Waals surface area contributed by atoms with E-state index in [1.807, 2.05) is 6.26 Å². The predicted molar refractivity (Wildman–Crippen MR) is 112 cm³/mol. The molecule has 0 bridgehead atoms. The van der Waals surface area contributed by atoms with Crippen molar-refractivity contribution in [1.29, 1.82) is 5.26 Å². The number of methoxy groups -OCH3 is 1. The second-order valence-corrected chi connectivity index (χ2v) is 7.04. The number of amides is 2. The third-order valence-electron chi connectivity index (χ3n) is 4.09. The normalized spacial score (nSPS) is 11.2. The van der Waals surface area contributed by atoms with Gasteiger partial charge in [-0.25, -0.2) is 0 Å². The quantitative estimate of drug-likeness (QED) is 0.678. The molecule has 0 aliphatic rings. The number of hydrogen-bond acceptors (Lipinski definition) is 5. The van der Waals surface area contributed by atoms with Crippen LogP contribution in [0.2, 0.25) is 0 Å². The lowest BCUT2D eigenvalue weighted by atomic mass is 10.1. The van der Waals surface area contributed by atoms with Crippen LogP contribution in [0.3, 0.4) is 0 Å². The fourth-order valence-electron chi connectivity index (χ4n) is 2.52. The van der Waals surface area contributed by atoms with Gasteiger partial charge < -0.3 is 15.4 Å². The van der Waals surface area contributed by atoms with Crippen molar-refractivity contribution in [3.63, 3.8) is 0 Å². The van der Waals surface area contributed by atoms with Gasteiger partial charge in [0.25, 0.3) is 5.91 Å². The first-order valence-corrected chi connectivity index (χ1v) is 10.2. The third kappa shape index (κ3) is 6.32. The van der Waals surface area contributed by atoms with E-state index in [4.69, 9.17) is 10.00 Å². The minimum absolute atomic E-state index is 0.274. The highest BCUT2D eigenvalue weighted by Gasteiger charge is 2.21. The molecule has 2 aromatic rings. The van der Waals surface area contributed by atoms with Crippen molar-refractivity contribution < 1.29 is 14.3 Å². The molecule has 0 aliphatic carbocycles. The fraction of sp³-hybridized carbons (Fsp3) is 0.286. The summed E-state index contributed by atoms with van der Waals surface area (Å²) < 4.78 is 5.10. The molecule has 28 heavy (non-hydrogen) atoms. The molecule has 2 amide bonds. The molecule has 2 N–H and O–H groups in total. The van der Waals surface area contributed by atoms with Crippen LogP contribution in [0.4, 0.5) is 5.69 Å². The van der Waals surface area contributed by atoms with Gasteiger partial charge in [0.1, 0.15) is 11.8 Å². The summed E-state index contributed by atoms with van der Waals surface area (Å²) in [6.45, 7) is 0. The van der Waals surface area contributed by atoms with Crippen molar-refractivity contribution in [2.75, 3.05) is 24.4 Å². The zero-order valence-electron chi connectivity index (χ0n) is 15.9. The first kappa shape index (κ1) is 21.3. The Bertz CT molecular complexity index is 829. The van der Waals surface area contributed by atoms with Crippen molar-refractivity contribution in [1.82, 2.24) is 5.32 Å². The van der Waals surface area contributed by atoms with E-state index in [2.05, 4.69) is 16.7 Å². The molecule has 0 aromatic heterocycles. The van der Waals surface area contributed by atoms with Crippen LogP contribution in [0.1, 0.15) is 22.3 Å². The number of nitriles is 1. The number of ether oxygens (including phenoxy) is 1. The first-order chi connectivity index (χ1) is 13.6. The van der Waals surface area contributed by atoms with Crippen LogP contribution in [0, 0.1) is 11.3 Å². The van der Waals surface area contributed by atoms with E-state index >= 15 is 0 Å². The molecule has 0 aliphatic heterocycles. The van der Waals surface area contributed by atoms with E-state index < -0.39 is 6.04 Å². The topological polar surface area (TPSA) is 91.2 Å². The first-order valence-electron chi connectivity index (χ1n) is 8.78. The number of benzene rings is 2. The highest BCUT2D eigenvalue weighted by molar-refractivity contribution is 7.98. The average Bonchev–Trinajstić information content (AvgIpc) is 2.72. The molecule has 0 unspecified atom stereocenters. The number of nitrogens with zero attached hydrogens (tertiary/aromatic N) is 1. The molecule has 0 spiro atoms. The minimum atomic E-state index is -0.652. The lowest BCUT2D eigenvalue weighted by molar-refractivity contribution is -0.118. The number of carbonyl (C=O) groups is 2. The van der Waals surface area contributed by atoms with Crippen molar-refractivity contribution in [2.45, 2.75) is 18.9 Å². The van der Waals surface area contributed by atoms with Crippen LogP contribution in [-0.2, 0) is 11.2 Å². The Morgan fingerprint density at radius 1 is 1.14 bits per heavy atom. The van der Waals surface area contributed by atoms with E-state index in [0.717, 1.165) is 11.3 Å². The molecule has 0 saturated heterocycles. The number of rotatable bonds is 9. The number of carbonyl (C=O) groups excluding carboxylic acids is 2. The Hall–Kier alpha value is -2.98. The molecule has 2 rings (SSSR count). The summed E-state index contributed by atoms with van der Waals surface area (Å²) in [5.74, 6) is 0.813. The van der Waals surface area contributed by atoms with Gasteiger partial charge in [-0.15, -0.1) is 0 Å². The van der Waals surface area contributed by atoms with Gasteiger partial charge in [0.15, 0.2) is 0 Å². The van der Waals surface area contributed by atoms with E-state index in [9.17, 15) is 9.59 Å². The van der Waals surface area contributed by atoms with Crippen molar-refractivity contribution >= 4 is 29.3 Å². The Labute approximate surface area is 169 Å². The molecule has 1 atom stereocenters. The maximum absolute atomic E-state index is 12.7. The Morgan fingerprint density at radius 2 is 1.82 bits per heavy atom. The van der Waals surface area contributed by atoms with Gasteiger partial charge in [0.05, 0.1) is 19.6 Å². The Kier molecular flexibility index (Phi) is 8.37. The zero-order chi connectivity index (χ0) is 20.4. The largest absolute Gasteiger partial charge is 0.497 e. The number of hydrogen-bond donors (Lipinski definition) is 2. The van der Waals surface area contributed by atoms with Crippen molar-refractivity contribution in [3.8, 4) is 11.8 Å². The van der Waals surface area contributed by atoms with Gasteiger partial charge in [0, 0.05) is 11.3 Å². The van der Waals surface area contributed by atoms with E-state index in [1.165, 1.54) is 0 Å². The Balaban J connectivity index is 2.05. The van der Waals surface area contributed by atoms with Gasteiger partial charge in [0.2, 0.25) is 5.91 Å². The molecule has 146 valence electrons. The SMILES string of the molecule is COc1ccc(C(=O)N[C@H](CCSC)C(=O)Nc2ccc(CC#N)cc2)cc1. The molecule has 6 nitrogen and oxygen atoms in total. The summed E-state index contributed by atoms with van der Waals surface area (Å²) in [5.41, 5.74) is 1.97. The highest BCUT2D eigenvalue weighted by atomic mass is 32.2. The summed E-state index contributed by atoms with van der Waals surface area (Å²) in [5, 5.41) is 14.4. The third-order valence-corrected chi connectivity index (χ3v) is 4.73. The zero-order valence-corrected chi connectivity index (χ0v) is 16.7. The average molecular weight is 398 g/mol. The van der Waals surface area contributed by atoms with E-state index in [-0.39, 0.29) is 11.8 Å². The molecular weight excluding hydrogens is 374 g/mol. The highest BCUT2D eigenvalue weighted by Crippen LogP contribution is 2.14. The summed E-state index contributed by atoms with van der Waals surface area (Å²) in [6.07, 6.45) is 2.79. The number of anilines is 1. The second kappa shape index (κ2) is 11.0. The summed E-state index contributed by atoms with van der Waals surface area (Å²) in [7, 11) is 1.56. The smallest absolute Gasteiger partial charge is 0.251 e. The van der Waals surface area contributed by atoms with Crippen LogP contribution in [0.25, 0.3) is 0 Å². The Morgan fingerprint density at radius 3 is 2.39 bits per heavy atom. The fourth-order valence-corrected chi connectivity index (χ4v) is 2.99. The molecule has 0 saturated carbocycles. The summed E-state index contributed by atoms with van der Waals surface area (Å²) >= 11 is 1.61. The monoisotopic (exact) mass is 397 g/mol. The van der Waals surface area contributed by atoms with Crippen molar-refractivity contribution in [2.24, 2.45) is 0 Å².